The van der Waals surface area contributed by atoms with Crippen molar-refractivity contribution in [1.29, 1.82) is 0 Å². The van der Waals surface area contributed by atoms with E-state index in [0.29, 0.717) is 42.1 Å². The summed E-state index contributed by atoms with van der Waals surface area (Å²) in [6, 6.07) is 6.92. The van der Waals surface area contributed by atoms with Crippen LogP contribution in [0.3, 0.4) is 0 Å². The number of piperidine rings is 1. The largest absolute Gasteiger partial charge is 0.465 e. The summed E-state index contributed by atoms with van der Waals surface area (Å²) in [6.45, 7) is 0.932. The van der Waals surface area contributed by atoms with Crippen LogP contribution < -0.4 is 5.56 Å². The fraction of sp³-hybridized carbons (Fsp3) is 0.312. The number of H-pyrrole nitrogens is 1. The van der Waals surface area contributed by atoms with Crippen LogP contribution in [-0.2, 0) is 0 Å². The molecule has 1 amide bonds. The number of rotatable bonds is 1. The van der Waals surface area contributed by atoms with Gasteiger partial charge in [0, 0.05) is 30.8 Å². The van der Waals surface area contributed by atoms with E-state index >= 15 is 0 Å². The average molecular weight is 347 g/mol. The van der Waals surface area contributed by atoms with Gasteiger partial charge in [-0.3, -0.25) is 4.79 Å². The second-order valence-corrected chi connectivity index (χ2v) is 6.41. The van der Waals surface area contributed by atoms with E-state index in [1.54, 1.807) is 18.2 Å². The number of nitrogens with one attached hydrogen (secondary N) is 1. The van der Waals surface area contributed by atoms with Crippen molar-refractivity contribution < 1.29 is 9.90 Å². The second-order valence-electron chi connectivity index (χ2n) is 6.00. The maximum absolute atomic E-state index is 12.4. The number of aromatic nitrogens is 3. The van der Waals surface area contributed by atoms with Gasteiger partial charge in [0.1, 0.15) is 5.65 Å². The van der Waals surface area contributed by atoms with Crippen LogP contribution in [0.5, 0.6) is 0 Å². The third-order valence-corrected chi connectivity index (χ3v) is 4.92. The standard InChI is InChI=1S/C16H15ClN4O3/c17-10-2-1-3-11-14(10)15-18-12(8-13(22)21(15)19-11)9-4-6-20(7-5-9)16(23)24/h1-3,8-9,18H,4-7H2,(H,23,24). The normalized spacial score (nSPS) is 16.1. The summed E-state index contributed by atoms with van der Waals surface area (Å²) >= 11 is 6.27. The Bertz CT molecular complexity index is 1000. The molecular formula is C16H15ClN4O3. The smallest absolute Gasteiger partial charge is 0.407 e. The van der Waals surface area contributed by atoms with Crippen LogP contribution in [0.4, 0.5) is 4.79 Å². The monoisotopic (exact) mass is 346 g/mol. The Labute approximate surface area is 141 Å². The summed E-state index contributed by atoms with van der Waals surface area (Å²) in [5.41, 5.74) is 1.83. The molecule has 2 N–H and O–H groups in total. The molecule has 0 aliphatic carbocycles. The van der Waals surface area contributed by atoms with Crippen molar-refractivity contribution in [2.45, 2.75) is 18.8 Å². The molecule has 0 atom stereocenters. The minimum atomic E-state index is -0.897. The van der Waals surface area contributed by atoms with E-state index in [2.05, 4.69) is 10.1 Å². The summed E-state index contributed by atoms with van der Waals surface area (Å²) < 4.78 is 1.33. The van der Waals surface area contributed by atoms with E-state index in [1.807, 2.05) is 6.07 Å². The number of benzene rings is 1. The number of fused-ring (bicyclic) bond motifs is 3. The fourth-order valence-electron chi connectivity index (χ4n) is 3.34. The van der Waals surface area contributed by atoms with Crippen molar-refractivity contribution in [2.24, 2.45) is 0 Å². The van der Waals surface area contributed by atoms with Gasteiger partial charge in [0.05, 0.1) is 15.9 Å². The molecule has 7 nitrogen and oxygen atoms in total. The first-order chi connectivity index (χ1) is 11.5. The molecule has 8 heteroatoms. The highest BCUT2D eigenvalue weighted by molar-refractivity contribution is 6.36. The number of hydrogen-bond acceptors (Lipinski definition) is 3. The zero-order valence-electron chi connectivity index (χ0n) is 12.7. The van der Waals surface area contributed by atoms with Crippen molar-refractivity contribution >= 4 is 34.2 Å². The van der Waals surface area contributed by atoms with Crippen LogP contribution in [0.2, 0.25) is 5.02 Å². The summed E-state index contributed by atoms with van der Waals surface area (Å²) in [5, 5.41) is 14.6. The predicted molar refractivity (Wildman–Crippen MR) is 89.9 cm³/mol. The highest BCUT2D eigenvalue weighted by Gasteiger charge is 2.25. The molecule has 1 aromatic carbocycles. The maximum atomic E-state index is 12.4. The number of carboxylic acid groups (broad SMARTS) is 1. The first-order valence-corrected chi connectivity index (χ1v) is 8.10. The second kappa shape index (κ2) is 5.52. The Morgan fingerprint density at radius 2 is 2.08 bits per heavy atom. The molecule has 0 bridgehead atoms. The first-order valence-electron chi connectivity index (χ1n) is 7.72. The molecule has 4 rings (SSSR count). The number of hydrogen-bond donors (Lipinski definition) is 2. The number of halogens is 1. The average Bonchev–Trinajstić information content (AvgIpc) is 2.95. The van der Waals surface area contributed by atoms with Gasteiger partial charge in [-0.15, -0.1) is 0 Å². The zero-order chi connectivity index (χ0) is 16.8. The summed E-state index contributed by atoms with van der Waals surface area (Å²) in [4.78, 5) is 28.1. The Kier molecular flexibility index (Phi) is 3.45. The van der Waals surface area contributed by atoms with Crippen LogP contribution in [-0.4, -0.2) is 43.8 Å². The molecule has 0 unspecified atom stereocenters. The Morgan fingerprint density at radius 1 is 1.33 bits per heavy atom. The van der Waals surface area contributed by atoms with E-state index in [9.17, 15) is 9.59 Å². The SMILES string of the molecule is O=C(O)N1CCC(c2cc(=O)n3nc4cccc(Cl)c4c3[nH]2)CC1. The van der Waals surface area contributed by atoms with Crippen molar-refractivity contribution in [2.75, 3.05) is 13.1 Å². The highest BCUT2D eigenvalue weighted by Crippen LogP contribution is 2.29. The number of likely N-dealkylation sites (tertiary alicyclic amines) is 1. The van der Waals surface area contributed by atoms with E-state index in [4.69, 9.17) is 16.7 Å². The Hall–Kier alpha value is -2.54. The first kappa shape index (κ1) is 15.0. The van der Waals surface area contributed by atoms with Gasteiger partial charge in [0.15, 0.2) is 0 Å². The van der Waals surface area contributed by atoms with E-state index in [-0.39, 0.29) is 11.5 Å². The van der Waals surface area contributed by atoms with Crippen molar-refractivity contribution in [3.63, 3.8) is 0 Å². The lowest BCUT2D eigenvalue weighted by molar-refractivity contribution is 0.131. The molecule has 1 fully saturated rings. The van der Waals surface area contributed by atoms with Gasteiger partial charge in [-0.05, 0) is 25.0 Å². The van der Waals surface area contributed by atoms with Crippen LogP contribution in [0, 0.1) is 0 Å². The molecule has 0 spiro atoms. The molecule has 124 valence electrons. The quantitative estimate of drug-likeness (QED) is 0.708. The van der Waals surface area contributed by atoms with Crippen molar-refractivity contribution in [1.82, 2.24) is 19.5 Å². The summed E-state index contributed by atoms with van der Waals surface area (Å²) in [5.74, 6) is 0.116. The molecule has 24 heavy (non-hydrogen) atoms. The topological polar surface area (TPSA) is 90.7 Å². The van der Waals surface area contributed by atoms with Gasteiger partial charge in [-0.25, -0.2) is 4.79 Å². The molecule has 1 aliphatic rings. The van der Waals surface area contributed by atoms with Gasteiger partial charge in [0.25, 0.3) is 5.56 Å². The number of nitrogens with zero attached hydrogens (tertiary/aromatic N) is 3. The minimum absolute atomic E-state index is 0.116. The molecule has 0 radical (unpaired) electrons. The predicted octanol–water partition coefficient (Wildman–Crippen LogP) is 2.69. The van der Waals surface area contributed by atoms with Crippen LogP contribution in [0.15, 0.2) is 29.1 Å². The van der Waals surface area contributed by atoms with E-state index < -0.39 is 6.09 Å². The lowest BCUT2D eigenvalue weighted by atomic mass is 9.93. The van der Waals surface area contributed by atoms with Gasteiger partial charge in [-0.1, -0.05) is 17.7 Å². The lowest BCUT2D eigenvalue weighted by Crippen LogP contribution is -2.37. The molecule has 3 aromatic rings. The molecule has 1 aliphatic heterocycles. The fourth-order valence-corrected chi connectivity index (χ4v) is 3.60. The molecule has 1 saturated heterocycles. The third-order valence-electron chi connectivity index (χ3n) is 4.60. The lowest BCUT2D eigenvalue weighted by Gasteiger charge is -2.29. The highest BCUT2D eigenvalue weighted by atomic mass is 35.5. The van der Waals surface area contributed by atoms with E-state index in [0.717, 1.165) is 11.1 Å². The number of aromatic amines is 1. The molecular weight excluding hydrogens is 332 g/mol. The van der Waals surface area contributed by atoms with Gasteiger partial charge in [-0.2, -0.15) is 9.61 Å². The maximum Gasteiger partial charge on any atom is 0.407 e. The van der Waals surface area contributed by atoms with Crippen LogP contribution in [0.1, 0.15) is 24.5 Å². The summed E-state index contributed by atoms with van der Waals surface area (Å²) in [7, 11) is 0. The molecule has 3 heterocycles. The zero-order valence-corrected chi connectivity index (χ0v) is 13.5. The Morgan fingerprint density at radius 3 is 2.79 bits per heavy atom. The van der Waals surface area contributed by atoms with Gasteiger partial charge < -0.3 is 15.0 Å². The third kappa shape index (κ3) is 2.32. The number of amides is 1. The van der Waals surface area contributed by atoms with Crippen molar-refractivity contribution in [3.05, 3.63) is 45.3 Å². The summed E-state index contributed by atoms with van der Waals surface area (Å²) in [6.07, 6.45) is 0.460. The van der Waals surface area contributed by atoms with Gasteiger partial charge >= 0.3 is 6.09 Å². The van der Waals surface area contributed by atoms with Crippen LogP contribution in [0.25, 0.3) is 16.6 Å². The van der Waals surface area contributed by atoms with Gasteiger partial charge in [0.2, 0.25) is 0 Å². The minimum Gasteiger partial charge on any atom is -0.465 e. The number of carbonyl (C=O) groups is 1. The molecule has 0 saturated carbocycles. The van der Waals surface area contributed by atoms with E-state index in [1.165, 1.54) is 9.42 Å². The Balaban J connectivity index is 1.79. The molecule has 2 aromatic heterocycles. The van der Waals surface area contributed by atoms with Crippen molar-refractivity contribution in [3.8, 4) is 0 Å². The van der Waals surface area contributed by atoms with Crippen LogP contribution >= 0.6 is 11.6 Å².